The van der Waals surface area contributed by atoms with E-state index in [-0.39, 0.29) is 16.9 Å². The summed E-state index contributed by atoms with van der Waals surface area (Å²) in [4.78, 5) is 11.1. The first kappa shape index (κ1) is 11.2. The van der Waals surface area contributed by atoms with Crippen LogP contribution in [0.15, 0.2) is 30.3 Å². The Balaban J connectivity index is 2.66. The smallest absolute Gasteiger partial charge is 0.324 e. The molecule has 0 saturated carbocycles. The highest BCUT2D eigenvalue weighted by Gasteiger charge is 2.18. The van der Waals surface area contributed by atoms with E-state index in [1.54, 1.807) is 0 Å². The van der Waals surface area contributed by atoms with Gasteiger partial charge in [0, 0.05) is 0 Å². The molecule has 0 spiro atoms. The molecule has 14 heavy (non-hydrogen) atoms. The van der Waals surface area contributed by atoms with Crippen molar-refractivity contribution in [3.8, 4) is 0 Å². The van der Waals surface area contributed by atoms with E-state index in [2.05, 4.69) is 15.9 Å². The van der Waals surface area contributed by atoms with Crippen molar-refractivity contribution >= 4 is 21.9 Å². The SMILES string of the molecule is CC(C)OC(=O)[C@H](Br)c1ccccc1. The van der Waals surface area contributed by atoms with E-state index < -0.39 is 0 Å². The van der Waals surface area contributed by atoms with E-state index in [9.17, 15) is 4.79 Å². The molecule has 1 atom stereocenters. The zero-order valence-electron chi connectivity index (χ0n) is 8.24. The monoisotopic (exact) mass is 256 g/mol. The van der Waals surface area contributed by atoms with Crippen molar-refractivity contribution in [1.82, 2.24) is 0 Å². The third-order valence-corrected chi connectivity index (χ3v) is 2.55. The molecule has 0 amide bonds. The van der Waals surface area contributed by atoms with Crippen molar-refractivity contribution in [2.45, 2.75) is 24.8 Å². The second-order valence-electron chi connectivity index (χ2n) is 3.26. The minimum Gasteiger partial charge on any atom is -0.462 e. The van der Waals surface area contributed by atoms with E-state index in [0.29, 0.717) is 0 Å². The van der Waals surface area contributed by atoms with Gasteiger partial charge >= 0.3 is 5.97 Å². The van der Waals surface area contributed by atoms with Crippen LogP contribution < -0.4 is 0 Å². The van der Waals surface area contributed by atoms with Crippen LogP contribution in [0.2, 0.25) is 0 Å². The van der Waals surface area contributed by atoms with Crippen LogP contribution in [0.3, 0.4) is 0 Å². The molecule has 0 heterocycles. The van der Waals surface area contributed by atoms with Gasteiger partial charge in [-0.1, -0.05) is 46.3 Å². The first-order valence-electron chi connectivity index (χ1n) is 4.50. The number of carbonyl (C=O) groups excluding carboxylic acids is 1. The van der Waals surface area contributed by atoms with Crippen LogP contribution in [0.25, 0.3) is 0 Å². The zero-order valence-corrected chi connectivity index (χ0v) is 9.82. The van der Waals surface area contributed by atoms with Gasteiger partial charge < -0.3 is 4.74 Å². The van der Waals surface area contributed by atoms with Crippen molar-refractivity contribution in [3.63, 3.8) is 0 Å². The first-order chi connectivity index (χ1) is 6.61. The number of ether oxygens (including phenoxy) is 1. The molecule has 76 valence electrons. The number of hydrogen-bond donors (Lipinski definition) is 0. The Kier molecular flexibility index (Phi) is 4.14. The molecule has 0 aliphatic rings. The lowest BCUT2D eigenvalue weighted by molar-refractivity contribution is -0.146. The van der Waals surface area contributed by atoms with Gasteiger partial charge in [0.25, 0.3) is 0 Å². The Morgan fingerprint density at radius 2 is 1.86 bits per heavy atom. The van der Waals surface area contributed by atoms with Crippen molar-refractivity contribution in [3.05, 3.63) is 35.9 Å². The number of carbonyl (C=O) groups is 1. The van der Waals surface area contributed by atoms with Crippen molar-refractivity contribution < 1.29 is 9.53 Å². The Morgan fingerprint density at radius 1 is 1.29 bits per heavy atom. The van der Waals surface area contributed by atoms with Crippen LogP contribution in [0.5, 0.6) is 0 Å². The first-order valence-corrected chi connectivity index (χ1v) is 5.42. The highest BCUT2D eigenvalue weighted by molar-refractivity contribution is 9.09. The van der Waals surface area contributed by atoms with Gasteiger partial charge in [-0.15, -0.1) is 0 Å². The summed E-state index contributed by atoms with van der Waals surface area (Å²) in [6, 6.07) is 9.48. The molecule has 0 aliphatic carbocycles. The average molecular weight is 257 g/mol. The lowest BCUT2D eigenvalue weighted by Crippen LogP contribution is -2.15. The maximum absolute atomic E-state index is 11.5. The number of rotatable bonds is 3. The van der Waals surface area contributed by atoms with Gasteiger partial charge in [-0.3, -0.25) is 4.79 Å². The standard InChI is InChI=1S/C11H13BrO2/c1-8(2)14-11(13)10(12)9-6-4-3-5-7-9/h3-8,10H,1-2H3/t10-/m1/s1. The molecule has 0 radical (unpaired) electrons. The van der Waals surface area contributed by atoms with E-state index in [4.69, 9.17) is 4.74 Å². The largest absolute Gasteiger partial charge is 0.462 e. The molecule has 0 aliphatic heterocycles. The second kappa shape index (κ2) is 5.15. The van der Waals surface area contributed by atoms with Crippen molar-refractivity contribution in [2.75, 3.05) is 0 Å². The van der Waals surface area contributed by atoms with E-state index in [1.807, 2.05) is 44.2 Å². The van der Waals surface area contributed by atoms with E-state index >= 15 is 0 Å². The highest BCUT2D eigenvalue weighted by Crippen LogP contribution is 2.24. The van der Waals surface area contributed by atoms with Gasteiger partial charge in [-0.05, 0) is 19.4 Å². The molecule has 2 nitrogen and oxygen atoms in total. The van der Waals surface area contributed by atoms with Crippen LogP contribution in [0, 0.1) is 0 Å². The van der Waals surface area contributed by atoms with Gasteiger partial charge in [0.2, 0.25) is 0 Å². The second-order valence-corrected chi connectivity index (χ2v) is 4.17. The Morgan fingerprint density at radius 3 is 2.36 bits per heavy atom. The summed E-state index contributed by atoms with van der Waals surface area (Å²) in [5, 5.41) is 0. The molecule has 0 unspecified atom stereocenters. The number of alkyl halides is 1. The highest BCUT2D eigenvalue weighted by atomic mass is 79.9. The summed E-state index contributed by atoms with van der Waals surface area (Å²) in [6.45, 7) is 3.67. The van der Waals surface area contributed by atoms with Crippen LogP contribution in [0.4, 0.5) is 0 Å². The molecule has 0 bridgehead atoms. The maximum atomic E-state index is 11.5. The minimum atomic E-state index is -0.369. The van der Waals surface area contributed by atoms with Crippen LogP contribution in [-0.2, 0) is 9.53 Å². The third kappa shape index (κ3) is 3.14. The van der Waals surface area contributed by atoms with Gasteiger partial charge in [-0.2, -0.15) is 0 Å². The summed E-state index contributed by atoms with van der Waals surface area (Å²) in [5.74, 6) is -0.244. The molecule has 3 heteroatoms. The molecule has 1 aromatic rings. The van der Waals surface area contributed by atoms with E-state index in [1.165, 1.54) is 0 Å². The van der Waals surface area contributed by atoms with Gasteiger partial charge in [0.05, 0.1) is 6.10 Å². The Labute approximate surface area is 92.4 Å². The summed E-state index contributed by atoms with van der Waals surface area (Å²) in [6.07, 6.45) is -0.0775. The maximum Gasteiger partial charge on any atom is 0.324 e. The average Bonchev–Trinajstić information content (AvgIpc) is 2.17. The number of benzene rings is 1. The lowest BCUT2D eigenvalue weighted by atomic mass is 10.1. The number of halogens is 1. The fraction of sp³-hybridized carbons (Fsp3) is 0.364. The van der Waals surface area contributed by atoms with Gasteiger partial charge in [0.15, 0.2) is 0 Å². The summed E-state index contributed by atoms with van der Waals surface area (Å²) >= 11 is 3.31. The van der Waals surface area contributed by atoms with Crippen molar-refractivity contribution in [2.24, 2.45) is 0 Å². The fourth-order valence-corrected chi connectivity index (χ4v) is 1.46. The molecule has 0 saturated heterocycles. The molecule has 1 rings (SSSR count). The molecule has 0 N–H and O–H groups in total. The van der Waals surface area contributed by atoms with Crippen LogP contribution in [-0.4, -0.2) is 12.1 Å². The minimum absolute atomic E-state index is 0.0775. The topological polar surface area (TPSA) is 26.3 Å². The lowest BCUT2D eigenvalue weighted by Gasteiger charge is -2.12. The molecule has 0 aromatic heterocycles. The molecular weight excluding hydrogens is 244 g/mol. The predicted octanol–water partition coefficient (Wildman–Crippen LogP) is 3.07. The third-order valence-electron chi connectivity index (χ3n) is 1.65. The summed E-state index contributed by atoms with van der Waals surface area (Å²) < 4.78 is 5.08. The quantitative estimate of drug-likeness (QED) is 0.614. The fourth-order valence-electron chi connectivity index (χ4n) is 1.05. The number of esters is 1. The summed E-state index contributed by atoms with van der Waals surface area (Å²) in [5.41, 5.74) is 0.915. The van der Waals surface area contributed by atoms with Crippen LogP contribution in [0.1, 0.15) is 24.2 Å². The molecular formula is C11H13BrO2. The van der Waals surface area contributed by atoms with Gasteiger partial charge in [0.1, 0.15) is 4.83 Å². The molecule has 1 aromatic carbocycles. The normalized spacial score (nSPS) is 12.6. The van der Waals surface area contributed by atoms with Gasteiger partial charge in [-0.25, -0.2) is 0 Å². The van der Waals surface area contributed by atoms with Crippen molar-refractivity contribution in [1.29, 1.82) is 0 Å². The van der Waals surface area contributed by atoms with E-state index in [0.717, 1.165) is 5.56 Å². The Bertz CT molecular complexity index is 295. The summed E-state index contributed by atoms with van der Waals surface area (Å²) in [7, 11) is 0. The molecule has 0 fully saturated rings. The number of hydrogen-bond acceptors (Lipinski definition) is 2. The van der Waals surface area contributed by atoms with Crippen LogP contribution >= 0.6 is 15.9 Å². The Hall–Kier alpha value is -0.830. The zero-order chi connectivity index (χ0) is 10.6. The predicted molar refractivity (Wildman–Crippen MR) is 59.3 cm³/mol.